The van der Waals surface area contributed by atoms with Crippen molar-refractivity contribution in [2.45, 2.75) is 6.92 Å². The van der Waals surface area contributed by atoms with Crippen LogP contribution in [-0.4, -0.2) is 23.5 Å². The predicted molar refractivity (Wildman–Crippen MR) is 80.3 cm³/mol. The van der Waals surface area contributed by atoms with Crippen LogP contribution >= 0.6 is 0 Å². The van der Waals surface area contributed by atoms with Crippen LogP contribution in [0.15, 0.2) is 47.6 Å². The van der Waals surface area contributed by atoms with E-state index in [9.17, 15) is 9.90 Å². The third-order valence-corrected chi connectivity index (χ3v) is 3.22. The molecule has 3 rings (SSSR count). The highest BCUT2D eigenvalue weighted by Gasteiger charge is 2.16. The molecule has 112 valence electrons. The van der Waals surface area contributed by atoms with Gasteiger partial charge in [-0.1, -0.05) is 12.1 Å². The van der Waals surface area contributed by atoms with Gasteiger partial charge in [-0.05, 0) is 37.3 Å². The highest BCUT2D eigenvalue weighted by atomic mass is 16.7. The number of hydrogen-bond acceptors (Lipinski definition) is 5. The van der Waals surface area contributed by atoms with E-state index in [2.05, 4.69) is 10.5 Å². The zero-order chi connectivity index (χ0) is 15.5. The van der Waals surface area contributed by atoms with Crippen LogP contribution in [0.2, 0.25) is 0 Å². The van der Waals surface area contributed by atoms with Crippen molar-refractivity contribution >= 4 is 11.6 Å². The second kappa shape index (κ2) is 5.77. The summed E-state index contributed by atoms with van der Waals surface area (Å²) in [7, 11) is 0. The number of ether oxygens (including phenoxy) is 2. The van der Waals surface area contributed by atoms with E-state index in [4.69, 9.17) is 9.47 Å². The Kier molecular flexibility index (Phi) is 3.65. The van der Waals surface area contributed by atoms with Crippen LogP contribution in [0, 0.1) is 0 Å². The van der Waals surface area contributed by atoms with Crippen LogP contribution in [0.25, 0.3) is 0 Å². The number of aromatic hydroxyl groups is 1. The number of benzene rings is 2. The number of fused-ring (bicyclic) bond motifs is 1. The fourth-order valence-corrected chi connectivity index (χ4v) is 2.03. The van der Waals surface area contributed by atoms with Crippen LogP contribution in [0.3, 0.4) is 0 Å². The molecule has 2 aromatic rings. The molecule has 1 heterocycles. The summed E-state index contributed by atoms with van der Waals surface area (Å²) in [4.78, 5) is 12.1. The summed E-state index contributed by atoms with van der Waals surface area (Å²) in [6.07, 6.45) is 0. The molecule has 0 atom stereocenters. The van der Waals surface area contributed by atoms with Gasteiger partial charge in [-0.2, -0.15) is 5.10 Å². The first-order valence-corrected chi connectivity index (χ1v) is 6.67. The van der Waals surface area contributed by atoms with Crippen LogP contribution < -0.4 is 14.9 Å². The lowest BCUT2D eigenvalue weighted by molar-refractivity contribution is 0.0954. The largest absolute Gasteiger partial charge is 0.508 e. The van der Waals surface area contributed by atoms with Crippen LogP contribution in [0.1, 0.15) is 22.8 Å². The Balaban J connectivity index is 1.73. The summed E-state index contributed by atoms with van der Waals surface area (Å²) in [5, 5.41) is 13.5. The Bertz CT molecular complexity index is 756. The van der Waals surface area contributed by atoms with Gasteiger partial charge < -0.3 is 14.6 Å². The van der Waals surface area contributed by atoms with Crippen LogP contribution in [-0.2, 0) is 0 Å². The lowest BCUT2D eigenvalue weighted by Gasteiger charge is -2.04. The Labute approximate surface area is 127 Å². The van der Waals surface area contributed by atoms with Gasteiger partial charge >= 0.3 is 0 Å². The molecule has 6 heteroatoms. The molecule has 0 unspecified atom stereocenters. The molecule has 2 N–H and O–H groups in total. The summed E-state index contributed by atoms with van der Waals surface area (Å²) < 4.78 is 10.4. The van der Waals surface area contributed by atoms with Crippen molar-refractivity contribution in [3.8, 4) is 17.2 Å². The number of carbonyl (C=O) groups excluding carboxylic acids is 1. The van der Waals surface area contributed by atoms with Gasteiger partial charge in [-0.25, -0.2) is 5.43 Å². The highest BCUT2D eigenvalue weighted by Crippen LogP contribution is 2.32. The second-order valence-corrected chi connectivity index (χ2v) is 4.76. The molecule has 22 heavy (non-hydrogen) atoms. The van der Waals surface area contributed by atoms with E-state index in [0.717, 1.165) is 5.56 Å². The van der Waals surface area contributed by atoms with E-state index < -0.39 is 0 Å². The average Bonchev–Trinajstić information content (AvgIpc) is 2.99. The summed E-state index contributed by atoms with van der Waals surface area (Å²) in [5.74, 6) is 0.962. The van der Waals surface area contributed by atoms with E-state index in [1.165, 1.54) is 0 Å². The number of nitrogens with zero attached hydrogens (tertiary/aromatic N) is 1. The number of carbonyl (C=O) groups is 1. The zero-order valence-electron chi connectivity index (χ0n) is 11.9. The number of nitrogens with one attached hydrogen (secondary N) is 1. The first-order valence-electron chi connectivity index (χ1n) is 6.67. The molecule has 0 fully saturated rings. The number of phenolic OH excluding ortho intramolecular Hbond substituents is 1. The van der Waals surface area contributed by atoms with Crippen molar-refractivity contribution in [1.82, 2.24) is 5.43 Å². The number of rotatable bonds is 3. The van der Waals surface area contributed by atoms with Crippen molar-refractivity contribution in [2.24, 2.45) is 5.10 Å². The van der Waals surface area contributed by atoms with Gasteiger partial charge in [-0.15, -0.1) is 0 Å². The molecule has 0 saturated heterocycles. The molecule has 6 nitrogen and oxygen atoms in total. The Hall–Kier alpha value is -3.02. The highest BCUT2D eigenvalue weighted by molar-refractivity contribution is 6.01. The molecule has 1 aliphatic heterocycles. The Morgan fingerprint density at radius 2 is 1.95 bits per heavy atom. The quantitative estimate of drug-likeness (QED) is 0.673. The number of phenols is 1. The summed E-state index contributed by atoms with van der Waals surface area (Å²) in [6.45, 7) is 1.91. The average molecular weight is 298 g/mol. The zero-order valence-corrected chi connectivity index (χ0v) is 11.9. The minimum Gasteiger partial charge on any atom is -0.508 e. The van der Waals surface area contributed by atoms with E-state index in [1.54, 1.807) is 49.4 Å². The van der Waals surface area contributed by atoms with Crippen LogP contribution in [0.5, 0.6) is 17.2 Å². The van der Waals surface area contributed by atoms with E-state index in [1.807, 2.05) is 0 Å². The molecule has 0 spiro atoms. The van der Waals surface area contributed by atoms with Crippen molar-refractivity contribution in [1.29, 1.82) is 0 Å². The molecule has 0 aliphatic carbocycles. The fraction of sp³-hybridized carbons (Fsp3) is 0.125. The van der Waals surface area contributed by atoms with Gasteiger partial charge in [0.2, 0.25) is 6.79 Å². The normalized spacial score (nSPS) is 13.0. The Morgan fingerprint density at radius 3 is 2.77 bits per heavy atom. The predicted octanol–water partition coefficient (Wildman–Crippen LogP) is 2.27. The van der Waals surface area contributed by atoms with Gasteiger partial charge in [-0.3, -0.25) is 4.79 Å². The van der Waals surface area contributed by atoms with Gasteiger partial charge in [0, 0.05) is 11.1 Å². The Morgan fingerprint density at radius 1 is 1.14 bits per heavy atom. The maximum absolute atomic E-state index is 12.1. The van der Waals surface area contributed by atoms with Gasteiger partial charge in [0.15, 0.2) is 11.5 Å². The lowest BCUT2D eigenvalue weighted by Crippen LogP contribution is -2.19. The van der Waals surface area contributed by atoms with Gasteiger partial charge in [0.25, 0.3) is 5.91 Å². The molecule has 0 aromatic heterocycles. The topological polar surface area (TPSA) is 80.2 Å². The molecule has 1 aliphatic rings. The van der Waals surface area contributed by atoms with Crippen LogP contribution in [0.4, 0.5) is 0 Å². The molecule has 1 amide bonds. The van der Waals surface area contributed by atoms with Gasteiger partial charge in [0.05, 0.1) is 5.71 Å². The first-order chi connectivity index (χ1) is 10.6. The summed E-state index contributed by atoms with van der Waals surface area (Å²) in [5.41, 5.74) is 4.22. The third-order valence-electron chi connectivity index (χ3n) is 3.22. The number of hydrazone groups is 1. The lowest BCUT2D eigenvalue weighted by atomic mass is 10.1. The van der Waals surface area contributed by atoms with Crippen molar-refractivity contribution in [2.75, 3.05) is 6.79 Å². The molecule has 2 aromatic carbocycles. The van der Waals surface area contributed by atoms with E-state index in [0.29, 0.717) is 22.8 Å². The summed E-state index contributed by atoms with van der Waals surface area (Å²) >= 11 is 0. The second-order valence-electron chi connectivity index (χ2n) is 4.76. The maximum atomic E-state index is 12.1. The molecule has 0 saturated carbocycles. The fourth-order valence-electron chi connectivity index (χ4n) is 2.03. The van der Waals surface area contributed by atoms with E-state index in [-0.39, 0.29) is 18.4 Å². The SMILES string of the molecule is C/C(=N\NC(=O)c1ccc2c(c1)OCO2)c1cccc(O)c1. The molecule has 0 bridgehead atoms. The minimum atomic E-state index is -0.349. The molecule has 0 radical (unpaired) electrons. The van der Waals surface area contributed by atoms with Crippen molar-refractivity contribution in [3.05, 3.63) is 53.6 Å². The minimum absolute atomic E-state index is 0.147. The maximum Gasteiger partial charge on any atom is 0.271 e. The monoisotopic (exact) mass is 298 g/mol. The van der Waals surface area contributed by atoms with Gasteiger partial charge in [0.1, 0.15) is 5.75 Å². The molecular formula is C16H14N2O4. The third kappa shape index (κ3) is 2.85. The smallest absolute Gasteiger partial charge is 0.271 e. The molecular weight excluding hydrogens is 284 g/mol. The van der Waals surface area contributed by atoms with E-state index >= 15 is 0 Å². The van der Waals surface area contributed by atoms with Crippen molar-refractivity contribution < 1.29 is 19.4 Å². The number of amides is 1. The standard InChI is InChI=1S/C16H14N2O4/c1-10(11-3-2-4-13(19)7-11)17-18-16(20)12-5-6-14-15(8-12)22-9-21-14/h2-8,19H,9H2,1H3,(H,18,20)/b17-10+. The first kappa shape index (κ1) is 13.9. The summed E-state index contributed by atoms with van der Waals surface area (Å²) in [6, 6.07) is 11.6. The number of hydrogen-bond donors (Lipinski definition) is 2. The van der Waals surface area contributed by atoms with Crippen molar-refractivity contribution in [3.63, 3.8) is 0 Å².